The predicted molar refractivity (Wildman–Crippen MR) is 199 cm³/mol. The summed E-state index contributed by atoms with van der Waals surface area (Å²) in [5.41, 5.74) is 3.32. The first-order valence-corrected chi connectivity index (χ1v) is 18.5. The quantitative estimate of drug-likeness (QED) is 0.251. The third-order valence-electron chi connectivity index (χ3n) is 9.44. The minimum atomic E-state index is -1.26. The molecular formula is C37H49FN8O5S. The van der Waals surface area contributed by atoms with E-state index >= 15 is 4.39 Å². The molecule has 13 nitrogen and oxygen atoms in total. The summed E-state index contributed by atoms with van der Waals surface area (Å²) in [6.45, 7) is 10.5. The van der Waals surface area contributed by atoms with Crippen molar-refractivity contribution < 1.29 is 27.8 Å². The number of aldehydes is 1. The number of nitrogens with one attached hydrogen (secondary N) is 2. The number of carbonyl (C=O) groups excluding carboxylic acids is 4. The maximum Gasteiger partial charge on any atom is 0.254 e. The van der Waals surface area contributed by atoms with Crippen molar-refractivity contribution in [3.8, 4) is 0 Å². The summed E-state index contributed by atoms with van der Waals surface area (Å²) in [5.74, 6) is -0.729. The number of benzene rings is 2. The molecule has 2 saturated heterocycles. The van der Waals surface area contributed by atoms with Gasteiger partial charge in [0.1, 0.15) is 35.9 Å². The minimum Gasteiger partial charge on any atom is -0.367 e. The molecule has 0 saturated carbocycles. The van der Waals surface area contributed by atoms with Crippen LogP contribution in [-0.4, -0.2) is 119 Å². The highest BCUT2D eigenvalue weighted by Crippen LogP contribution is 2.27. The zero-order valence-corrected chi connectivity index (χ0v) is 31.2. The Balaban J connectivity index is 0.00000297. The van der Waals surface area contributed by atoms with Gasteiger partial charge in [-0.15, -0.1) is 0 Å². The Kier molecular flexibility index (Phi) is 14.9. The number of anilines is 2. The summed E-state index contributed by atoms with van der Waals surface area (Å²) in [6.07, 6.45) is 6.31. The first-order chi connectivity index (χ1) is 25.1. The summed E-state index contributed by atoms with van der Waals surface area (Å²) < 4.78 is 31.1. The molecule has 2 atom stereocenters. The third kappa shape index (κ3) is 10.3. The lowest BCUT2D eigenvalue weighted by atomic mass is 10.0. The Morgan fingerprint density at radius 1 is 1.06 bits per heavy atom. The monoisotopic (exact) mass is 736 g/mol. The lowest BCUT2D eigenvalue weighted by Crippen LogP contribution is -2.47. The SMILES string of the molecule is C=O.CNC(=O)C(CCC=O)N(C)C(=O)c1cc(F)c(N2CCN(Cc3cccc(S(=O)N4CCC(Nc5ncc(C)cn5)CC4)c3)CC2)cc1C. The van der Waals surface area contributed by atoms with Crippen LogP contribution in [0.5, 0.6) is 0 Å². The highest BCUT2D eigenvalue weighted by molar-refractivity contribution is 7.82. The molecule has 2 N–H and O–H groups in total. The van der Waals surface area contributed by atoms with Crippen LogP contribution in [-0.2, 0) is 31.9 Å². The molecule has 5 rings (SSSR count). The number of hydrogen-bond acceptors (Lipinski definition) is 10. The van der Waals surface area contributed by atoms with Gasteiger partial charge in [-0.2, -0.15) is 0 Å². The fraction of sp³-hybridized carbons (Fsp3) is 0.459. The highest BCUT2D eigenvalue weighted by atomic mass is 32.2. The van der Waals surface area contributed by atoms with Crippen LogP contribution in [0.25, 0.3) is 0 Å². The van der Waals surface area contributed by atoms with E-state index < -0.39 is 28.8 Å². The van der Waals surface area contributed by atoms with Gasteiger partial charge < -0.3 is 30.0 Å². The number of piperidine rings is 1. The molecule has 52 heavy (non-hydrogen) atoms. The van der Waals surface area contributed by atoms with Gasteiger partial charge in [-0.3, -0.25) is 14.5 Å². The molecule has 2 aliphatic rings. The molecule has 2 aromatic carbocycles. The first-order valence-electron chi connectivity index (χ1n) is 17.4. The topological polar surface area (TPSA) is 148 Å². The summed E-state index contributed by atoms with van der Waals surface area (Å²) in [5, 5.41) is 5.93. The minimum absolute atomic E-state index is 0.127. The standard InChI is InChI=1S/C36H47FN8O4S.CH2O/c1-25-22-39-36(40-23-25)41-28-10-12-45(13-11-28)50(49)29-8-5-7-27(20-29)24-43-14-16-44(17-15-43)33-19-26(2)30(21-31(33)37)35(48)42(4)32(9-6-18-46)34(47)38-3;1-2/h5,7-8,18-23,28,32H,6,9-17,24H2,1-4H3,(H,38,47)(H,39,40,41);1H2. The lowest BCUT2D eigenvalue weighted by Gasteiger charge is -2.36. The van der Waals surface area contributed by atoms with E-state index in [1.54, 1.807) is 25.4 Å². The van der Waals surface area contributed by atoms with Gasteiger partial charge in [-0.25, -0.2) is 22.9 Å². The van der Waals surface area contributed by atoms with Crippen molar-refractivity contribution >= 4 is 47.5 Å². The maximum atomic E-state index is 15.5. The molecule has 2 unspecified atom stereocenters. The number of amides is 2. The second-order valence-corrected chi connectivity index (χ2v) is 14.5. The Morgan fingerprint density at radius 3 is 2.37 bits per heavy atom. The van der Waals surface area contributed by atoms with Crippen molar-refractivity contribution in [2.45, 2.75) is 63.1 Å². The Labute approximate surface area is 307 Å². The zero-order chi connectivity index (χ0) is 37.8. The molecule has 3 heterocycles. The van der Waals surface area contributed by atoms with E-state index in [0.717, 1.165) is 28.9 Å². The number of aryl methyl sites for hydroxylation is 2. The van der Waals surface area contributed by atoms with Gasteiger partial charge in [0.2, 0.25) is 11.9 Å². The Hall–Kier alpha value is -4.60. The molecule has 1 aromatic heterocycles. The van der Waals surface area contributed by atoms with Crippen LogP contribution in [0.3, 0.4) is 0 Å². The molecule has 0 bridgehead atoms. The van der Waals surface area contributed by atoms with Gasteiger partial charge >= 0.3 is 0 Å². The van der Waals surface area contributed by atoms with Gasteiger partial charge in [-0.1, -0.05) is 12.1 Å². The van der Waals surface area contributed by atoms with Crippen molar-refractivity contribution in [2.75, 3.05) is 63.6 Å². The lowest BCUT2D eigenvalue weighted by molar-refractivity contribution is -0.125. The first kappa shape index (κ1) is 40.2. The van der Waals surface area contributed by atoms with Crippen LogP contribution < -0.4 is 15.5 Å². The smallest absolute Gasteiger partial charge is 0.254 e. The van der Waals surface area contributed by atoms with Crippen molar-refractivity contribution in [1.82, 2.24) is 29.4 Å². The largest absolute Gasteiger partial charge is 0.367 e. The van der Waals surface area contributed by atoms with Crippen molar-refractivity contribution in [3.05, 3.63) is 76.9 Å². The summed E-state index contributed by atoms with van der Waals surface area (Å²) >= 11 is 0. The van der Waals surface area contributed by atoms with E-state index in [9.17, 15) is 18.6 Å². The van der Waals surface area contributed by atoms with Gasteiger partial charge in [0.15, 0.2) is 0 Å². The average molecular weight is 737 g/mol. The molecule has 3 aromatic rings. The van der Waals surface area contributed by atoms with Crippen molar-refractivity contribution in [1.29, 1.82) is 0 Å². The van der Waals surface area contributed by atoms with Crippen molar-refractivity contribution in [3.63, 3.8) is 0 Å². The fourth-order valence-electron chi connectivity index (χ4n) is 6.49. The molecule has 0 spiro atoms. The Bertz CT molecular complexity index is 1700. The fourth-order valence-corrected chi connectivity index (χ4v) is 7.77. The number of nitrogens with zero attached hydrogens (tertiary/aromatic N) is 6. The van der Waals surface area contributed by atoms with Crippen LogP contribution in [0.4, 0.5) is 16.0 Å². The van der Waals surface area contributed by atoms with Gasteiger partial charge in [0.25, 0.3) is 5.91 Å². The van der Waals surface area contributed by atoms with Gasteiger partial charge in [0.05, 0.1) is 10.6 Å². The van der Waals surface area contributed by atoms with Crippen molar-refractivity contribution in [2.24, 2.45) is 0 Å². The van der Waals surface area contributed by atoms with Crippen LogP contribution in [0.1, 0.15) is 52.7 Å². The van der Waals surface area contributed by atoms with Crippen LogP contribution in [0, 0.1) is 19.7 Å². The van der Waals surface area contributed by atoms with Crippen LogP contribution in [0.2, 0.25) is 0 Å². The van der Waals surface area contributed by atoms with Crippen LogP contribution >= 0.6 is 0 Å². The van der Waals surface area contributed by atoms with E-state index in [2.05, 4.69) is 25.5 Å². The predicted octanol–water partition coefficient (Wildman–Crippen LogP) is 3.13. The molecule has 0 aliphatic carbocycles. The molecule has 2 amide bonds. The number of piperazine rings is 1. The third-order valence-corrected chi connectivity index (χ3v) is 10.9. The molecule has 2 aliphatic heterocycles. The van der Waals surface area contributed by atoms with Crippen LogP contribution in [0.15, 0.2) is 53.7 Å². The number of halogens is 1. The molecular weight excluding hydrogens is 688 g/mol. The second kappa shape index (κ2) is 19.3. The van der Waals surface area contributed by atoms with Gasteiger partial charge in [-0.05, 0) is 74.1 Å². The molecule has 0 radical (unpaired) electrons. The van der Waals surface area contributed by atoms with E-state index in [0.29, 0.717) is 69.3 Å². The highest BCUT2D eigenvalue weighted by Gasteiger charge is 2.29. The van der Waals surface area contributed by atoms with E-state index in [1.807, 2.05) is 47.2 Å². The van der Waals surface area contributed by atoms with E-state index in [4.69, 9.17) is 4.79 Å². The normalized spacial score (nSPS) is 16.6. The van der Waals surface area contributed by atoms with E-state index in [-0.39, 0.29) is 30.4 Å². The molecule has 2 fully saturated rings. The van der Waals surface area contributed by atoms with Gasteiger partial charge in [0, 0.05) is 90.3 Å². The molecule has 280 valence electrons. The number of aromatic nitrogens is 2. The summed E-state index contributed by atoms with van der Waals surface area (Å²) in [4.78, 5) is 59.7. The summed E-state index contributed by atoms with van der Waals surface area (Å²) in [7, 11) is 1.71. The second-order valence-electron chi connectivity index (χ2n) is 13.0. The number of carbonyl (C=O) groups is 4. The zero-order valence-electron chi connectivity index (χ0n) is 30.3. The maximum absolute atomic E-state index is 15.5. The number of hydrogen-bond donors (Lipinski definition) is 2. The average Bonchev–Trinajstić information content (AvgIpc) is 3.17. The number of likely N-dealkylation sites (N-methyl/N-ethyl adjacent to an activating group) is 2. The Morgan fingerprint density at radius 2 is 1.73 bits per heavy atom. The van der Waals surface area contributed by atoms with E-state index in [1.165, 1.54) is 25.1 Å². The number of rotatable bonds is 13. The summed E-state index contributed by atoms with van der Waals surface area (Å²) in [6, 6.07) is 10.3. The molecule has 15 heteroatoms.